The quantitative estimate of drug-likeness (QED) is 0.682. The molecular weight excluding hydrogens is 228 g/mol. The predicted octanol–water partition coefficient (Wildman–Crippen LogP) is 1.70. The van der Waals surface area contributed by atoms with Crippen LogP contribution in [0, 0.1) is 5.41 Å². The maximum atomic E-state index is 11.9. The van der Waals surface area contributed by atoms with E-state index in [-0.39, 0.29) is 17.4 Å². The highest BCUT2D eigenvalue weighted by Gasteiger charge is 2.24. The summed E-state index contributed by atoms with van der Waals surface area (Å²) in [5.41, 5.74) is 0.181. The van der Waals surface area contributed by atoms with E-state index in [2.05, 4.69) is 31.4 Å². The Balaban J connectivity index is 2.23. The summed E-state index contributed by atoms with van der Waals surface area (Å²) < 4.78 is 5.29. The molecule has 1 atom stereocenters. The Morgan fingerprint density at radius 3 is 2.83 bits per heavy atom. The van der Waals surface area contributed by atoms with Crippen LogP contribution < -0.4 is 10.6 Å². The maximum absolute atomic E-state index is 11.9. The number of unbranched alkanes of at least 4 members (excludes halogenated alkanes) is 2. The molecule has 106 valence electrons. The van der Waals surface area contributed by atoms with Crippen molar-refractivity contribution in [3.05, 3.63) is 0 Å². The molecule has 0 bridgehead atoms. The molecule has 0 aromatic heterocycles. The Kier molecular flexibility index (Phi) is 6.65. The molecule has 1 fully saturated rings. The number of ether oxygens (including phenoxy) is 1. The van der Waals surface area contributed by atoms with E-state index in [0.29, 0.717) is 13.2 Å². The van der Waals surface area contributed by atoms with Crippen LogP contribution in [0.15, 0.2) is 0 Å². The summed E-state index contributed by atoms with van der Waals surface area (Å²) in [5, 5.41) is 6.21. The Hall–Kier alpha value is -0.610. The highest BCUT2D eigenvalue weighted by molar-refractivity contribution is 5.82. The molecule has 0 spiro atoms. The zero-order valence-electron chi connectivity index (χ0n) is 12.1. The fourth-order valence-electron chi connectivity index (χ4n) is 2.13. The van der Waals surface area contributed by atoms with Crippen molar-refractivity contribution < 1.29 is 9.53 Å². The van der Waals surface area contributed by atoms with E-state index >= 15 is 0 Å². The van der Waals surface area contributed by atoms with Gasteiger partial charge in [-0.3, -0.25) is 4.79 Å². The first-order chi connectivity index (χ1) is 8.55. The van der Waals surface area contributed by atoms with Crippen LogP contribution in [-0.2, 0) is 9.53 Å². The first-order valence-electron chi connectivity index (χ1n) is 7.14. The van der Waals surface area contributed by atoms with Gasteiger partial charge in [-0.25, -0.2) is 0 Å². The molecule has 0 aromatic rings. The van der Waals surface area contributed by atoms with Gasteiger partial charge in [0, 0.05) is 13.1 Å². The van der Waals surface area contributed by atoms with Crippen LogP contribution in [-0.4, -0.2) is 38.3 Å². The normalized spacial score (nSPS) is 20.7. The zero-order valence-corrected chi connectivity index (χ0v) is 12.1. The highest BCUT2D eigenvalue weighted by Crippen LogP contribution is 2.22. The first-order valence-corrected chi connectivity index (χ1v) is 7.14. The van der Waals surface area contributed by atoms with Crippen LogP contribution >= 0.6 is 0 Å². The van der Waals surface area contributed by atoms with Gasteiger partial charge in [-0.05, 0) is 11.8 Å². The maximum Gasteiger partial charge on any atom is 0.239 e. The Bertz CT molecular complexity index is 248. The second kappa shape index (κ2) is 7.74. The Morgan fingerprint density at radius 1 is 1.44 bits per heavy atom. The average molecular weight is 256 g/mol. The largest absolute Gasteiger partial charge is 0.378 e. The van der Waals surface area contributed by atoms with Gasteiger partial charge < -0.3 is 15.4 Å². The summed E-state index contributed by atoms with van der Waals surface area (Å²) in [4.78, 5) is 11.9. The summed E-state index contributed by atoms with van der Waals surface area (Å²) in [6.07, 6.45) is 4.92. The molecule has 1 saturated heterocycles. The van der Waals surface area contributed by atoms with Gasteiger partial charge in [-0.15, -0.1) is 0 Å². The van der Waals surface area contributed by atoms with Crippen LogP contribution in [0.2, 0.25) is 0 Å². The summed E-state index contributed by atoms with van der Waals surface area (Å²) in [7, 11) is 0. The van der Waals surface area contributed by atoms with Crippen molar-refractivity contribution in [2.24, 2.45) is 5.41 Å². The van der Waals surface area contributed by atoms with Gasteiger partial charge >= 0.3 is 0 Å². The smallest absolute Gasteiger partial charge is 0.239 e. The van der Waals surface area contributed by atoms with E-state index in [1.807, 2.05) is 0 Å². The molecule has 0 aliphatic carbocycles. The van der Waals surface area contributed by atoms with Gasteiger partial charge in [0.15, 0.2) is 0 Å². The van der Waals surface area contributed by atoms with E-state index < -0.39 is 0 Å². The van der Waals surface area contributed by atoms with Crippen LogP contribution in [0.5, 0.6) is 0 Å². The van der Waals surface area contributed by atoms with Crippen molar-refractivity contribution in [2.75, 3.05) is 26.3 Å². The topological polar surface area (TPSA) is 50.4 Å². The molecule has 1 rings (SSSR count). The van der Waals surface area contributed by atoms with E-state index in [1.54, 1.807) is 0 Å². The van der Waals surface area contributed by atoms with E-state index in [4.69, 9.17) is 4.74 Å². The molecule has 1 unspecified atom stereocenters. The molecule has 2 N–H and O–H groups in total. The number of nitrogens with one attached hydrogen (secondary N) is 2. The molecule has 1 aliphatic rings. The summed E-state index contributed by atoms with van der Waals surface area (Å²) >= 11 is 0. The lowest BCUT2D eigenvalue weighted by atomic mass is 9.87. The first kappa shape index (κ1) is 15.4. The lowest BCUT2D eigenvalue weighted by molar-refractivity contribution is -0.126. The summed E-state index contributed by atoms with van der Waals surface area (Å²) in [5.74, 6) is 0.0678. The highest BCUT2D eigenvalue weighted by atomic mass is 16.5. The van der Waals surface area contributed by atoms with Crippen molar-refractivity contribution >= 4 is 5.91 Å². The molecule has 0 radical (unpaired) electrons. The number of carbonyl (C=O) groups is 1. The SMILES string of the molecule is CCCCCC(C)(C)CNC(=O)C1COCCN1. The van der Waals surface area contributed by atoms with Crippen molar-refractivity contribution in [2.45, 2.75) is 52.5 Å². The van der Waals surface area contributed by atoms with Crippen LogP contribution in [0.3, 0.4) is 0 Å². The van der Waals surface area contributed by atoms with Gasteiger partial charge in [0.2, 0.25) is 5.91 Å². The third-order valence-corrected chi connectivity index (χ3v) is 3.44. The van der Waals surface area contributed by atoms with Crippen LogP contribution in [0.25, 0.3) is 0 Å². The molecule has 0 aromatic carbocycles. The molecule has 1 aliphatic heterocycles. The van der Waals surface area contributed by atoms with Crippen LogP contribution in [0.4, 0.5) is 0 Å². The van der Waals surface area contributed by atoms with Gasteiger partial charge in [-0.2, -0.15) is 0 Å². The monoisotopic (exact) mass is 256 g/mol. The number of hydrogen-bond donors (Lipinski definition) is 2. The summed E-state index contributed by atoms with van der Waals surface area (Å²) in [6, 6.07) is -0.176. The lowest BCUT2D eigenvalue weighted by Gasteiger charge is -2.28. The Labute approximate surface area is 111 Å². The third-order valence-electron chi connectivity index (χ3n) is 3.44. The molecule has 0 saturated carbocycles. The standard InChI is InChI=1S/C14H28N2O2/c1-4-5-6-7-14(2,3)11-16-13(17)12-10-18-9-8-15-12/h12,15H,4-11H2,1-3H3,(H,16,17). The number of amides is 1. The molecule has 4 heteroatoms. The number of morpholine rings is 1. The minimum atomic E-state index is -0.176. The van der Waals surface area contributed by atoms with E-state index in [0.717, 1.165) is 19.5 Å². The second-order valence-corrected chi connectivity index (χ2v) is 5.92. The molecule has 1 amide bonds. The van der Waals surface area contributed by atoms with Gasteiger partial charge in [0.1, 0.15) is 6.04 Å². The third kappa shape index (κ3) is 5.83. The average Bonchev–Trinajstić information content (AvgIpc) is 2.37. The van der Waals surface area contributed by atoms with Crippen molar-refractivity contribution in [1.82, 2.24) is 10.6 Å². The number of rotatable bonds is 7. The van der Waals surface area contributed by atoms with Gasteiger partial charge in [0.05, 0.1) is 13.2 Å². The van der Waals surface area contributed by atoms with E-state index in [1.165, 1.54) is 19.3 Å². The summed E-state index contributed by atoms with van der Waals surface area (Å²) in [6.45, 7) is 9.34. The minimum absolute atomic E-state index is 0.0678. The predicted molar refractivity (Wildman–Crippen MR) is 73.5 cm³/mol. The van der Waals surface area contributed by atoms with Crippen molar-refractivity contribution in [3.8, 4) is 0 Å². The second-order valence-electron chi connectivity index (χ2n) is 5.92. The molecular formula is C14H28N2O2. The zero-order chi connectivity index (χ0) is 13.4. The van der Waals surface area contributed by atoms with Gasteiger partial charge in [0.25, 0.3) is 0 Å². The van der Waals surface area contributed by atoms with Gasteiger partial charge in [-0.1, -0.05) is 40.0 Å². The Morgan fingerprint density at radius 2 is 2.22 bits per heavy atom. The van der Waals surface area contributed by atoms with Crippen LogP contribution in [0.1, 0.15) is 46.5 Å². The molecule has 1 heterocycles. The minimum Gasteiger partial charge on any atom is -0.378 e. The fourth-order valence-corrected chi connectivity index (χ4v) is 2.13. The lowest BCUT2D eigenvalue weighted by Crippen LogP contribution is -2.52. The van der Waals surface area contributed by atoms with Crippen molar-refractivity contribution in [3.63, 3.8) is 0 Å². The van der Waals surface area contributed by atoms with E-state index in [9.17, 15) is 4.79 Å². The molecule has 4 nitrogen and oxygen atoms in total. The fraction of sp³-hybridized carbons (Fsp3) is 0.929. The number of hydrogen-bond acceptors (Lipinski definition) is 3. The van der Waals surface area contributed by atoms with Crippen molar-refractivity contribution in [1.29, 1.82) is 0 Å². The molecule has 18 heavy (non-hydrogen) atoms. The number of carbonyl (C=O) groups excluding carboxylic acids is 1.